The lowest BCUT2D eigenvalue weighted by atomic mass is 10.0. The van der Waals surface area contributed by atoms with Crippen molar-refractivity contribution in [2.75, 3.05) is 26.2 Å². The molecule has 0 spiro atoms. The van der Waals surface area contributed by atoms with Crippen molar-refractivity contribution < 1.29 is 0 Å². The largest absolute Gasteiger partial charge is 0.326 e. The number of hydrogen-bond acceptors (Lipinski definition) is 4. The van der Waals surface area contributed by atoms with E-state index in [9.17, 15) is 0 Å². The van der Waals surface area contributed by atoms with Crippen LogP contribution in [0.25, 0.3) is 0 Å². The molecule has 2 N–H and O–H groups in total. The molecule has 0 aliphatic carbocycles. The first kappa shape index (κ1) is 15.0. The van der Waals surface area contributed by atoms with Gasteiger partial charge in [0.2, 0.25) is 0 Å². The van der Waals surface area contributed by atoms with Crippen LogP contribution >= 0.6 is 0 Å². The molecule has 2 saturated heterocycles. The van der Waals surface area contributed by atoms with E-state index in [0.29, 0.717) is 6.04 Å². The van der Waals surface area contributed by atoms with Crippen LogP contribution in [0.4, 0.5) is 0 Å². The van der Waals surface area contributed by atoms with Crippen LogP contribution in [0, 0.1) is 0 Å². The average molecular weight is 291 g/mol. The SMILES string of the molecule is CC(N)C(c1cnn(C)c1)N1CCC(N2CCCCC2)C1. The molecule has 2 aliphatic rings. The molecule has 3 rings (SSSR count). The normalized spacial score (nSPS) is 27.9. The second kappa shape index (κ2) is 6.46. The first-order valence-corrected chi connectivity index (χ1v) is 8.37. The first-order chi connectivity index (χ1) is 10.1. The van der Waals surface area contributed by atoms with E-state index in [-0.39, 0.29) is 6.04 Å². The van der Waals surface area contributed by atoms with Gasteiger partial charge in [0.05, 0.1) is 12.2 Å². The van der Waals surface area contributed by atoms with Crippen molar-refractivity contribution in [3.05, 3.63) is 18.0 Å². The van der Waals surface area contributed by atoms with Gasteiger partial charge in [-0.15, -0.1) is 0 Å². The maximum absolute atomic E-state index is 6.29. The Balaban J connectivity index is 1.67. The molecule has 3 heterocycles. The van der Waals surface area contributed by atoms with E-state index in [1.165, 1.54) is 44.3 Å². The van der Waals surface area contributed by atoms with Crippen molar-refractivity contribution >= 4 is 0 Å². The summed E-state index contributed by atoms with van der Waals surface area (Å²) in [4.78, 5) is 5.27. The van der Waals surface area contributed by atoms with E-state index in [0.717, 1.165) is 19.1 Å². The summed E-state index contributed by atoms with van der Waals surface area (Å²) in [5.41, 5.74) is 7.55. The Morgan fingerprint density at radius 2 is 2.00 bits per heavy atom. The van der Waals surface area contributed by atoms with Gasteiger partial charge in [0.15, 0.2) is 0 Å². The number of hydrogen-bond donors (Lipinski definition) is 1. The minimum Gasteiger partial charge on any atom is -0.326 e. The van der Waals surface area contributed by atoms with E-state index in [1.807, 2.05) is 17.9 Å². The molecule has 3 unspecified atom stereocenters. The van der Waals surface area contributed by atoms with Gasteiger partial charge < -0.3 is 5.73 Å². The van der Waals surface area contributed by atoms with Crippen LogP contribution < -0.4 is 5.73 Å². The van der Waals surface area contributed by atoms with Crippen LogP contribution in [0.15, 0.2) is 12.4 Å². The van der Waals surface area contributed by atoms with E-state index < -0.39 is 0 Å². The summed E-state index contributed by atoms with van der Waals surface area (Å²) in [6.45, 7) is 7.00. The molecule has 2 fully saturated rings. The summed E-state index contributed by atoms with van der Waals surface area (Å²) in [6, 6.07) is 1.16. The predicted molar refractivity (Wildman–Crippen MR) is 85.0 cm³/mol. The second-order valence-corrected chi connectivity index (χ2v) is 6.79. The lowest BCUT2D eigenvalue weighted by Gasteiger charge is -2.34. The molecule has 5 heteroatoms. The molecule has 118 valence electrons. The summed E-state index contributed by atoms with van der Waals surface area (Å²) < 4.78 is 1.88. The lowest BCUT2D eigenvalue weighted by Crippen LogP contribution is -2.43. The Bertz CT molecular complexity index is 449. The summed E-state index contributed by atoms with van der Waals surface area (Å²) in [6.07, 6.45) is 9.52. The van der Waals surface area contributed by atoms with Gasteiger partial charge in [0, 0.05) is 44.0 Å². The fourth-order valence-corrected chi connectivity index (χ4v) is 4.04. The molecule has 1 aromatic heterocycles. The number of likely N-dealkylation sites (tertiary alicyclic amines) is 2. The van der Waals surface area contributed by atoms with Gasteiger partial charge in [0.25, 0.3) is 0 Å². The van der Waals surface area contributed by atoms with Crippen molar-refractivity contribution in [2.45, 2.75) is 50.7 Å². The molecular weight excluding hydrogens is 262 g/mol. The van der Waals surface area contributed by atoms with Crippen molar-refractivity contribution in [3.63, 3.8) is 0 Å². The number of aryl methyl sites for hydroxylation is 1. The smallest absolute Gasteiger partial charge is 0.0538 e. The van der Waals surface area contributed by atoms with Crippen LogP contribution in [0.3, 0.4) is 0 Å². The number of nitrogens with zero attached hydrogens (tertiary/aromatic N) is 4. The van der Waals surface area contributed by atoms with Crippen LogP contribution in [-0.2, 0) is 7.05 Å². The molecular formula is C16H29N5. The minimum atomic E-state index is 0.134. The summed E-state index contributed by atoms with van der Waals surface area (Å²) in [5.74, 6) is 0. The van der Waals surface area contributed by atoms with Crippen molar-refractivity contribution in [1.29, 1.82) is 0 Å². The van der Waals surface area contributed by atoms with Gasteiger partial charge in [-0.2, -0.15) is 5.10 Å². The van der Waals surface area contributed by atoms with Crippen LogP contribution in [0.5, 0.6) is 0 Å². The molecule has 2 aliphatic heterocycles. The highest BCUT2D eigenvalue weighted by atomic mass is 15.3. The summed E-state index contributed by atoms with van der Waals surface area (Å²) >= 11 is 0. The monoisotopic (exact) mass is 291 g/mol. The van der Waals surface area contributed by atoms with Crippen molar-refractivity contribution in [2.24, 2.45) is 12.8 Å². The quantitative estimate of drug-likeness (QED) is 0.910. The lowest BCUT2D eigenvalue weighted by molar-refractivity contribution is 0.147. The third-order valence-corrected chi connectivity index (χ3v) is 5.06. The van der Waals surface area contributed by atoms with Gasteiger partial charge in [-0.05, 0) is 39.3 Å². The van der Waals surface area contributed by atoms with Crippen LogP contribution in [0.2, 0.25) is 0 Å². The number of aromatic nitrogens is 2. The molecule has 3 atom stereocenters. The maximum Gasteiger partial charge on any atom is 0.0538 e. The van der Waals surface area contributed by atoms with Gasteiger partial charge in [-0.3, -0.25) is 14.5 Å². The molecule has 0 amide bonds. The fourth-order valence-electron chi connectivity index (χ4n) is 4.04. The Kier molecular flexibility index (Phi) is 4.62. The molecule has 0 aromatic carbocycles. The fraction of sp³-hybridized carbons (Fsp3) is 0.812. The minimum absolute atomic E-state index is 0.134. The average Bonchev–Trinajstić information content (AvgIpc) is 3.10. The summed E-state index contributed by atoms with van der Waals surface area (Å²) in [5, 5.41) is 4.32. The van der Waals surface area contributed by atoms with Gasteiger partial charge in [-0.25, -0.2) is 0 Å². The highest BCUT2D eigenvalue weighted by Gasteiger charge is 2.34. The van der Waals surface area contributed by atoms with Gasteiger partial charge in [-0.1, -0.05) is 6.42 Å². The zero-order valence-corrected chi connectivity index (χ0v) is 13.4. The maximum atomic E-state index is 6.29. The highest BCUT2D eigenvalue weighted by Crippen LogP contribution is 2.29. The van der Waals surface area contributed by atoms with E-state index in [1.54, 1.807) is 0 Å². The predicted octanol–water partition coefficient (Wildman–Crippen LogP) is 1.37. The van der Waals surface area contributed by atoms with Crippen LogP contribution in [0.1, 0.15) is 44.2 Å². The molecule has 21 heavy (non-hydrogen) atoms. The Morgan fingerprint density at radius 1 is 1.24 bits per heavy atom. The topological polar surface area (TPSA) is 50.3 Å². The Labute approximate surface area is 128 Å². The number of nitrogens with two attached hydrogens (primary N) is 1. The molecule has 1 aromatic rings. The third kappa shape index (κ3) is 3.30. The molecule has 0 bridgehead atoms. The number of rotatable bonds is 4. The standard InChI is InChI=1S/C16H29N5/c1-13(17)16(14-10-18-19(2)11-14)21-9-6-15(12-21)20-7-4-3-5-8-20/h10-11,13,15-16H,3-9,12,17H2,1-2H3. The molecule has 5 nitrogen and oxygen atoms in total. The second-order valence-electron chi connectivity index (χ2n) is 6.79. The first-order valence-electron chi connectivity index (χ1n) is 8.37. The van der Waals surface area contributed by atoms with Gasteiger partial charge >= 0.3 is 0 Å². The van der Waals surface area contributed by atoms with Crippen molar-refractivity contribution in [1.82, 2.24) is 19.6 Å². The molecule has 0 radical (unpaired) electrons. The summed E-state index contributed by atoms with van der Waals surface area (Å²) in [7, 11) is 1.97. The van der Waals surface area contributed by atoms with Crippen molar-refractivity contribution in [3.8, 4) is 0 Å². The third-order valence-electron chi connectivity index (χ3n) is 5.06. The van der Waals surface area contributed by atoms with Crippen LogP contribution in [-0.4, -0.2) is 57.8 Å². The Hall–Kier alpha value is -0.910. The highest BCUT2D eigenvalue weighted by molar-refractivity contribution is 5.14. The van der Waals surface area contributed by atoms with E-state index in [4.69, 9.17) is 5.73 Å². The zero-order chi connectivity index (χ0) is 14.8. The zero-order valence-electron chi connectivity index (χ0n) is 13.4. The van der Waals surface area contributed by atoms with E-state index >= 15 is 0 Å². The number of piperidine rings is 1. The van der Waals surface area contributed by atoms with Gasteiger partial charge in [0.1, 0.15) is 0 Å². The molecule has 0 saturated carbocycles. The van der Waals surface area contributed by atoms with E-state index in [2.05, 4.69) is 28.0 Å². The Morgan fingerprint density at radius 3 is 2.62 bits per heavy atom.